The minimum atomic E-state index is -1.04. The first-order valence-electron chi connectivity index (χ1n) is 8.18. The lowest BCUT2D eigenvalue weighted by atomic mass is 9.94. The molecule has 1 aliphatic rings. The maximum Gasteiger partial charge on any atom is 0.294 e. The molecule has 0 radical (unpaired) electrons. The molecule has 1 unspecified atom stereocenters. The number of ether oxygens (including phenoxy) is 1. The number of hydrogen-bond acceptors (Lipinski definition) is 4. The molecule has 6 heteroatoms. The fraction of sp³-hybridized carbons (Fsp3) is 0.200. The largest absolute Gasteiger partial charge is 0.503 e. The lowest BCUT2D eigenvalue weighted by molar-refractivity contribution is -0.118. The van der Waals surface area contributed by atoms with E-state index in [2.05, 4.69) is 0 Å². The van der Waals surface area contributed by atoms with E-state index >= 15 is 0 Å². The van der Waals surface area contributed by atoms with Crippen molar-refractivity contribution < 1.29 is 23.8 Å². The predicted molar refractivity (Wildman–Crippen MR) is 94.6 cm³/mol. The van der Waals surface area contributed by atoms with E-state index in [1.54, 1.807) is 37.3 Å². The molecule has 1 aliphatic heterocycles. The minimum absolute atomic E-state index is 0.0869. The third-order valence-corrected chi connectivity index (χ3v) is 4.36. The van der Waals surface area contributed by atoms with E-state index in [0.29, 0.717) is 11.4 Å². The quantitative estimate of drug-likeness (QED) is 0.888. The standard InChI is InChI=1S/C20H18FNO4/c1-3-16(23)17-18(14-9-4-5-10-15(14)21)22(20(25)19(17)24)12-7-6-8-13(11-12)26-2/h4-11,18,24H,3H2,1-2H3. The fourth-order valence-electron chi connectivity index (χ4n) is 3.10. The molecule has 2 aromatic carbocycles. The number of carbonyl (C=O) groups is 2. The number of methoxy groups -OCH3 is 1. The van der Waals surface area contributed by atoms with Crippen LogP contribution in [0.15, 0.2) is 59.9 Å². The van der Waals surface area contributed by atoms with E-state index in [1.807, 2.05) is 0 Å². The lowest BCUT2D eigenvalue weighted by Gasteiger charge is -2.27. The van der Waals surface area contributed by atoms with Gasteiger partial charge in [0.1, 0.15) is 11.6 Å². The Labute approximate surface area is 150 Å². The first-order valence-corrected chi connectivity index (χ1v) is 8.18. The Kier molecular flexibility index (Phi) is 4.75. The van der Waals surface area contributed by atoms with Gasteiger partial charge in [-0.05, 0) is 18.2 Å². The van der Waals surface area contributed by atoms with Gasteiger partial charge in [-0.3, -0.25) is 14.5 Å². The van der Waals surface area contributed by atoms with Crippen molar-refractivity contribution in [2.45, 2.75) is 19.4 Å². The molecule has 0 saturated heterocycles. The van der Waals surface area contributed by atoms with Crippen LogP contribution in [0.3, 0.4) is 0 Å². The van der Waals surface area contributed by atoms with Gasteiger partial charge in [-0.25, -0.2) is 4.39 Å². The molecule has 0 spiro atoms. The Morgan fingerprint density at radius 1 is 1.23 bits per heavy atom. The summed E-state index contributed by atoms with van der Waals surface area (Å²) in [5.41, 5.74) is 0.447. The zero-order chi connectivity index (χ0) is 18.8. The predicted octanol–water partition coefficient (Wildman–Crippen LogP) is 3.71. The number of Topliss-reactive ketones (excluding diaryl/α,β-unsaturated/α-hetero) is 1. The van der Waals surface area contributed by atoms with Crippen LogP contribution in [0, 0.1) is 5.82 Å². The normalized spacial score (nSPS) is 17.0. The molecule has 0 saturated carbocycles. The summed E-state index contributed by atoms with van der Waals surface area (Å²) in [5, 5.41) is 10.4. The van der Waals surface area contributed by atoms with Gasteiger partial charge < -0.3 is 9.84 Å². The summed E-state index contributed by atoms with van der Waals surface area (Å²) in [6, 6.07) is 11.5. The molecule has 1 heterocycles. The highest BCUT2D eigenvalue weighted by atomic mass is 19.1. The number of carbonyl (C=O) groups excluding carboxylic acids is 2. The molecular weight excluding hydrogens is 337 g/mol. The number of benzene rings is 2. The molecule has 134 valence electrons. The van der Waals surface area contributed by atoms with E-state index in [9.17, 15) is 19.1 Å². The van der Waals surface area contributed by atoms with Crippen LogP contribution in [0.4, 0.5) is 10.1 Å². The molecule has 1 amide bonds. The number of anilines is 1. The molecule has 0 bridgehead atoms. The van der Waals surface area contributed by atoms with Gasteiger partial charge in [0.15, 0.2) is 11.5 Å². The van der Waals surface area contributed by atoms with Crippen molar-refractivity contribution in [1.29, 1.82) is 0 Å². The second-order valence-electron chi connectivity index (χ2n) is 5.84. The summed E-state index contributed by atoms with van der Waals surface area (Å²) in [6.45, 7) is 1.62. The molecule has 26 heavy (non-hydrogen) atoms. The van der Waals surface area contributed by atoms with Gasteiger partial charge in [-0.2, -0.15) is 0 Å². The van der Waals surface area contributed by atoms with Gasteiger partial charge in [-0.1, -0.05) is 31.2 Å². The number of halogens is 1. The van der Waals surface area contributed by atoms with Crippen molar-refractivity contribution in [3.05, 3.63) is 71.2 Å². The average molecular weight is 355 g/mol. The number of hydrogen-bond donors (Lipinski definition) is 1. The lowest BCUT2D eigenvalue weighted by Crippen LogP contribution is -2.31. The summed E-state index contributed by atoms with van der Waals surface area (Å²) < 4.78 is 19.7. The van der Waals surface area contributed by atoms with Crippen LogP contribution in [0.25, 0.3) is 0 Å². The molecule has 1 atom stereocenters. The number of nitrogens with zero attached hydrogens (tertiary/aromatic N) is 1. The summed E-state index contributed by atoms with van der Waals surface area (Å²) in [4.78, 5) is 26.4. The van der Waals surface area contributed by atoms with Gasteiger partial charge in [0.2, 0.25) is 0 Å². The maximum absolute atomic E-state index is 14.5. The minimum Gasteiger partial charge on any atom is -0.503 e. The second kappa shape index (κ2) is 7.00. The average Bonchev–Trinajstić information content (AvgIpc) is 2.92. The van der Waals surface area contributed by atoms with Crippen molar-refractivity contribution in [2.24, 2.45) is 0 Å². The number of ketones is 1. The molecule has 0 aromatic heterocycles. The molecule has 0 fully saturated rings. The SMILES string of the molecule is CCC(=O)C1=C(O)C(=O)N(c2cccc(OC)c2)C1c1ccccc1F. The van der Waals surface area contributed by atoms with Gasteiger partial charge in [0.25, 0.3) is 5.91 Å². The number of rotatable bonds is 5. The van der Waals surface area contributed by atoms with Crippen LogP contribution < -0.4 is 9.64 Å². The Morgan fingerprint density at radius 3 is 2.62 bits per heavy atom. The fourth-order valence-corrected chi connectivity index (χ4v) is 3.10. The third kappa shape index (κ3) is 2.83. The van der Waals surface area contributed by atoms with E-state index in [-0.39, 0.29) is 17.6 Å². The van der Waals surface area contributed by atoms with Crippen molar-refractivity contribution in [1.82, 2.24) is 0 Å². The van der Waals surface area contributed by atoms with Crippen molar-refractivity contribution >= 4 is 17.4 Å². The molecule has 0 aliphatic carbocycles. The monoisotopic (exact) mass is 355 g/mol. The Hall–Kier alpha value is -3.15. The van der Waals surface area contributed by atoms with Gasteiger partial charge in [0, 0.05) is 23.7 Å². The molecule has 3 rings (SSSR count). The molecule has 1 N–H and O–H groups in total. The van der Waals surface area contributed by atoms with Crippen LogP contribution >= 0.6 is 0 Å². The molecule has 5 nitrogen and oxygen atoms in total. The highest BCUT2D eigenvalue weighted by Gasteiger charge is 2.44. The van der Waals surface area contributed by atoms with Crippen LogP contribution in [-0.4, -0.2) is 23.9 Å². The van der Waals surface area contributed by atoms with Gasteiger partial charge in [-0.15, -0.1) is 0 Å². The first kappa shape index (κ1) is 17.7. The van der Waals surface area contributed by atoms with Crippen molar-refractivity contribution in [3.8, 4) is 5.75 Å². The van der Waals surface area contributed by atoms with Crippen LogP contribution in [0.2, 0.25) is 0 Å². The zero-order valence-corrected chi connectivity index (χ0v) is 14.4. The highest BCUT2D eigenvalue weighted by molar-refractivity contribution is 6.16. The topological polar surface area (TPSA) is 66.8 Å². The van der Waals surface area contributed by atoms with Gasteiger partial charge in [0.05, 0.1) is 18.7 Å². The maximum atomic E-state index is 14.5. The number of amides is 1. The molecular formula is C20H18FNO4. The van der Waals surface area contributed by atoms with Crippen LogP contribution in [-0.2, 0) is 9.59 Å². The van der Waals surface area contributed by atoms with Crippen molar-refractivity contribution in [2.75, 3.05) is 12.0 Å². The summed E-state index contributed by atoms with van der Waals surface area (Å²) in [5.74, 6) is -1.86. The Balaban J connectivity index is 2.21. The zero-order valence-electron chi connectivity index (χ0n) is 14.4. The number of aliphatic hydroxyl groups is 1. The van der Waals surface area contributed by atoms with E-state index in [4.69, 9.17) is 4.74 Å². The highest BCUT2D eigenvalue weighted by Crippen LogP contribution is 2.42. The summed E-state index contributed by atoms with van der Waals surface area (Å²) in [6.07, 6.45) is 0.0869. The number of aliphatic hydroxyl groups excluding tert-OH is 1. The van der Waals surface area contributed by atoms with Crippen LogP contribution in [0.1, 0.15) is 24.9 Å². The van der Waals surface area contributed by atoms with Gasteiger partial charge >= 0.3 is 0 Å². The summed E-state index contributed by atoms with van der Waals surface area (Å²) >= 11 is 0. The molecule has 2 aromatic rings. The summed E-state index contributed by atoms with van der Waals surface area (Å²) in [7, 11) is 1.49. The smallest absolute Gasteiger partial charge is 0.294 e. The Morgan fingerprint density at radius 2 is 1.96 bits per heavy atom. The Bertz CT molecular complexity index is 906. The van der Waals surface area contributed by atoms with Crippen molar-refractivity contribution in [3.63, 3.8) is 0 Å². The third-order valence-electron chi connectivity index (χ3n) is 4.36. The van der Waals surface area contributed by atoms with E-state index in [0.717, 1.165) is 0 Å². The second-order valence-corrected chi connectivity index (χ2v) is 5.84. The first-order chi connectivity index (χ1) is 12.5. The van der Waals surface area contributed by atoms with E-state index in [1.165, 1.54) is 30.2 Å². The van der Waals surface area contributed by atoms with E-state index < -0.39 is 29.3 Å². The van der Waals surface area contributed by atoms with Crippen LogP contribution in [0.5, 0.6) is 5.75 Å².